The molecule has 3 rings (SSSR count). The summed E-state index contributed by atoms with van der Waals surface area (Å²) in [4.78, 5) is 26.1. The maximum atomic E-state index is 14.4. The largest absolute Gasteiger partial charge is 0.416 e. The fraction of sp³-hybridized carbons (Fsp3) is 0.304. The molecule has 0 N–H and O–H groups in total. The molecule has 0 unspecified atom stereocenters. The molecule has 0 saturated heterocycles. The zero-order valence-corrected chi connectivity index (χ0v) is 19.2. The van der Waals surface area contributed by atoms with Gasteiger partial charge in [-0.25, -0.2) is 9.18 Å². The van der Waals surface area contributed by atoms with Gasteiger partial charge < -0.3 is 0 Å². The van der Waals surface area contributed by atoms with Gasteiger partial charge in [0.2, 0.25) is 0 Å². The summed E-state index contributed by atoms with van der Waals surface area (Å²) in [6.45, 7) is 4.44. The van der Waals surface area contributed by atoms with Crippen LogP contribution in [0.15, 0.2) is 62.6 Å². The van der Waals surface area contributed by atoms with E-state index in [2.05, 4.69) is 15.9 Å². The number of alkyl halides is 3. The third-order valence-electron chi connectivity index (χ3n) is 5.47. The summed E-state index contributed by atoms with van der Waals surface area (Å²) in [6.07, 6.45) is -4.80. The van der Waals surface area contributed by atoms with E-state index in [4.69, 9.17) is 0 Å². The number of halogens is 5. The smallest absolute Gasteiger partial charge is 0.292 e. The van der Waals surface area contributed by atoms with Crippen molar-refractivity contribution >= 4 is 15.9 Å². The number of aromatic nitrogens is 2. The first-order chi connectivity index (χ1) is 14.8. The van der Waals surface area contributed by atoms with E-state index in [1.165, 1.54) is 6.92 Å². The molecule has 2 aromatic carbocycles. The molecule has 0 amide bonds. The number of hydrogen-bond acceptors (Lipinski definition) is 2. The maximum absolute atomic E-state index is 14.4. The molecular weight excluding hydrogens is 492 g/mol. The van der Waals surface area contributed by atoms with Crippen LogP contribution in [-0.2, 0) is 24.7 Å². The van der Waals surface area contributed by atoms with Gasteiger partial charge in [0.05, 0.1) is 12.1 Å². The normalized spacial score (nSPS) is 12.2. The minimum absolute atomic E-state index is 0.0169. The quantitative estimate of drug-likeness (QED) is 0.437. The van der Waals surface area contributed by atoms with Crippen LogP contribution < -0.4 is 11.2 Å². The van der Waals surface area contributed by atoms with Gasteiger partial charge in [-0.1, -0.05) is 50.2 Å². The van der Waals surface area contributed by atoms with Gasteiger partial charge in [-0.15, -0.1) is 0 Å². The summed E-state index contributed by atoms with van der Waals surface area (Å²) in [7, 11) is 0. The molecule has 32 heavy (non-hydrogen) atoms. The predicted molar refractivity (Wildman–Crippen MR) is 117 cm³/mol. The van der Waals surface area contributed by atoms with Crippen molar-refractivity contribution in [3.8, 4) is 0 Å². The number of rotatable bonds is 5. The van der Waals surface area contributed by atoms with Crippen LogP contribution >= 0.6 is 15.9 Å². The van der Waals surface area contributed by atoms with Crippen molar-refractivity contribution in [2.75, 3.05) is 0 Å². The molecule has 0 radical (unpaired) electrons. The molecule has 0 saturated carbocycles. The average Bonchev–Trinajstić information content (AvgIpc) is 2.73. The van der Waals surface area contributed by atoms with Gasteiger partial charge in [0.25, 0.3) is 5.56 Å². The molecule has 9 heteroatoms. The Morgan fingerprint density at radius 3 is 2.16 bits per heavy atom. The van der Waals surface area contributed by atoms with Crippen molar-refractivity contribution in [2.24, 2.45) is 0 Å². The van der Waals surface area contributed by atoms with Gasteiger partial charge >= 0.3 is 11.9 Å². The van der Waals surface area contributed by atoms with Crippen molar-refractivity contribution in [2.45, 2.75) is 45.5 Å². The van der Waals surface area contributed by atoms with E-state index >= 15 is 0 Å². The molecule has 0 aliphatic rings. The second kappa shape index (κ2) is 8.69. The summed E-state index contributed by atoms with van der Waals surface area (Å²) >= 11 is 3.16. The standard InChI is InChI=1S/C23H21BrF4N2O2/c1-14-19(24)20(31)30(13-22(2,3)15-8-5-4-6-9-15)21(32)29(14)12-16-17(23(26,27)28)10-7-11-18(16)25/h4-11H,12-13H2,1-3H3. The van der Waals surface area contributed by atoms with Gasteiger partial charge in [0.15, 0.2) is 0 Å². The Hall–Kier alpha value is -2.68. The predicted octanol–water partition coefficient (Wildman–Crippen LogP) is 5.26. The van der Waals surface area contributed by atoms with Crippen molar-refractivity contribution in [3.05, 3.63) is 102 Å². The number of nitrogens with zero attached hydrogens (tertiary/aromatic N) is 2. The van der Waals surface area contributed by atoms with E-state index in [9.17, 15) is 27.2 Å². The third-order valence-corrected chi connectivity index (χ3v) is 6.38. The molecule has 0 spiro atoms. The number of hydrogen-bond donors (Lipinski definition) is 0. The van der Waals surface area contributed by atoms with Crippen LogP contribution in [0.2, 0.25) is 0 Å². The molecule has 1 aromatic heterocycles. The molecule has 0 aliphatic heterocycles. The highest BCUT2D eigenvalue weighted by Crippen LogP contribution is 2.33. The van der Waals surface area contributed by atoms with Gasteiger partial charge in [-0.05, 0) is 40.5 Å². The molecule has 0 atom stereocenters. The van der Waals surface area contributed by atoms with Gasteiger partial charge in [0.1, 0.15) is 10.3 Å². The van der Waals surface area contributed by atoms with E-state index in [1.54, 1.807) is 0 Å². The summed E-state index contributed by atoms with van der Waals surface area (Å²) in [5.41, 5.74) is -2.88. The highest BCUT2D eigenvalue weighted by atomic mass is 79.9. The van der Waals surface area contributed by atoms with Crippen LogP contribution in [0.1, 0.15) is 36.2 Å². The zero-order valence-electron chi connectivity index (χ0n) is 17.6. The molecule has 4 nitrogen and oxygen atoms in total. The van der Waals surface area contributed by atoms with E-state index < -0.39 is 46.3 Å². The lowest BCUT2D eigenvalue weighted by Gasteiger charge is -2.27. The Morgan fingerprint density at radius 1 is 0.938 bits per heavy atom. The Morgan fingerprint density at radius 2 is 1.56 bits per heavy atom. The monoisotopic (exact) mass is 512 g/mol. The van der Waals surface area contributed by atoms with Crippen molar-refractivity contribution in [1.82, 2.24) is 9.13 Å². The lowest BCUT2D eigenvalue weighted by atomic mass is 9.84. The molecule has 1 heterocycles. The van der Waals surface area contributed by atoms with Crippen molar-refractivity contribution < 1.29 is 17.6 Å². The van der Waals surface area contributed by atoms with Crippen LogP contribution in [0.3, 0.4) is 0 Å². The SMILES string of the molecule is Cc1c(Br)c(=O)n(CC(C)(C)c2ccccc2)c(=O)n1Cc1c(F)cccc1C(F)(F)F. The van der Waals surface area contributed by atoms with Crippen LogP contribution in [0.4, 0.5) is 17.6 Å². The Kier molecular flexibility index (Phi) is 6.51. The van der Waals surface area contributed by atoms with Gasteiger partial charge in [-0.3, -0.25) is 13.9 Å². The van der Waals surface area contributed by atoms with Crippen LogP contribution in [0.25, 0.3) is 0 Å². The van der Waals surface area contributed by atoms with Gasteiger partial charge in [0, 0.05) is 23.2 Å². The minimum Gasteiger partial charge on any atom is -0.292 e. The lowest BCUT2D eigenvalue weighted by molar-refractivity contribution is -0.138. The topological polar surface area (TPSA) is 44.0 Å². The van der Waals surface area contributed by atoms with Crippen LogP contribution in [0.5, 0.6) is 0 Å². The number of benzene rings is 2. The fourth-order valence-electron chi connectivity index (χ4n) is 3.61. The average molecular weight is 513 g/mol. The first kappa shape index (κ1) is 24.0. The maximum Gasteiger partial charge on any atom is 0.416 e. The first-order valence-electron chi connectivity index (χ1n) is 9.74. The lowest BCUT2D eigenvalue weighted by Crippen LogP contribution is -2.45. The molecule has 3 aromatic rings. The molecule has 0 aliphatic carbocycles. The molecule has 0 bridgehead atoms. The molecule has 170 valence electrons. The summed E-state index contributed by atoms with van der Waals surface area (Å²) in [6, 6.07) is 11.9. The second-order valence-corrected chi connectivity index (χ2v) is 8.97. The highest BCUT2D eigenvalue weighted by molar-refractivity contribution is 9.10. The van der Waals surface area contributed by atoms with E-state index in [-0.39, 0.29) is 16.7 Å². The van der Waals surface area contributed by atoms with Gasteiger partial charge in [-0.2, -0.15) is 13.2 Å². The van der Waals surface area contributed by atoms with Crippen LogP contribution in [-0.4, -0.2) is 9.13 Å². The van der Waals surface area contributed by atoms with E-state index in [0.29, 0.717) is 0 Å². The third kappa shape index (κ3) is 4.57. The highest BCUT2D eigenvalue weighted by Gasteiger charge is 2.35. The van der Waals surface area contributed by atoms with Crippen molar-refractivity contribution in [1.29, 1.82) is 0 Å². The van der Waals surface area contributed by atoms with E-state index in [0.717, 1.165) is 32.9 Å². The van der Waals surface area contributed by atoms with E-state index in [1.807, 2.05) is 44.2 Å². The first-order valence-corrected chi connectivity index (χ1v) is 10.5. The fourth-order valence-corrected chi connectivity index (χ4v) is 4.04. The summed E-state index contributed by atoms with van der Waals surface area (Å²) in [5, 5.41) is 0. The molecular formula is C23H21BrF4N2O2. The zero-order chi connectivity index (χ0) is 23.8. The Labute approximate surface area is 190 Å². The molecule has 0 fully saturated rings. The van der Waals surface area contributed by atoms with Crippen molar-refractivity contribution in [3.63, 3.8) is 0 Å². The summed E-state index contributed by atoms with van der Waals surface area (Å²) in [5.74, 6) is -1.08. The Balaban J connectivity index is 2.16. The summed E-state index contributed by atoms with van der Waals surface area (Å²) < 4.78 is 56.7. The Bertz CT molecular complexity index is 1260. The second-order valence-electron chi connectivity index (χ2n) is 8.17. The van der Waals surface area contributed by atoms with Crippen LogP contribution in [0, 0.1) is 12.7 Å². The minimum atomic E-state index is -4.80.